The average Bonchev–Trinajstić information content (AvgIpc) is 3.04. The number of amides is 2. The first-order valence-corrected chi connectivity index (χ1v) is 12.6. The average molecular weight is 443 g/mol. The van der Waals surface area contributed by atoms with Crippen molar-refractivity contribution in [1.29, 1.82) is 0 Å². The third-order valence-electron chi connectivity index (χ3n) is 6.27. The molecule has 0 radical (unpaired) electrons. The summed E-state index contributed by atoms with van der Waals surface area (Å²) in [6.07, 6.45) is 2.97. The molecule has 164 valence electrons. The molecule has 0 aromatic heterocycles. The number of fused-ring (bicyclic) bond motifs is 1. The van der Waals surface area contributed by atoms with Crippen molar-refractivity contribution < 1.29 is 18.2 Å². The number of hydrogen-bond acceptors (Lipinski definition) is 3. The lowest BCUT2D eigenvalue weighted by atomic mass is 9.97. The van der Waals surface area contributed by atoms with Gasteiger partial charge in [-0.15, -0.1) is 0 Å². The summed E-state index contributed by atoms with van der Waals surface area (Å²) < 4.78 is 31.0. The SMILES string of the molecule is Cc1ccc(C(=O)N=S2(=O)CCCN(C(=O)CC3CCc4ccccc43)CC2)cc1F. The standard InChI is InChI=1S/C24H27FN2O3S/c1-17-7-8-20(15-22(17)25)24(29)26-31(30)13-4-11-27(12-14-31)23(28)16-19-10-9-18-5-2-3-6-21(18)19/h2-3,5-8,15,19H,4,9-14,16H2,1H3. The van der Waals surface area contributed by atoms with Crippen LogP contribution in [0.15, 0.2) is 46.8 Å². The Balaban J connectivity index is 1.42. The molecule has 1 saturated heterocycles. The van der Waals surface area contributed by atoms with Gasteiger partial charge >= 0.3 is 0 Å². The lowest BCUT2D eigenvalue weighted by molar-refractivity contribution is -0.131. The predicted molar refractivity (Wildman–Crippen MR) is 119 cm³/mol. The number of carbonyl (C=O) groups is 2. The van der Waals surface area contributed by atoms with Crippen molar-refractivity contribution >= 4 is 21.5 Å². The first-order valence-electron chi connectivity index (χ1n) is 10.7. The smallest absolute Gasteiger partial charge is 0.285 e. The summed E-state index contributed by atoms with van der Waals surface area (Å²) in [6, 6.07) is 12.4. The minimum atomic E-state index is -2.78. The molecule has 2 unspecified atom stereocenters. The monoisotopic (exact) mass is 442 g/mol. The van der Waals surface area contributed by atoms with Gasteiger partial charge in [-0.25, -0.2) is 8.60 Å². The van der Waals surface area contributed by atoms with Crippen molar-refractivity contribution in [2.45, 2.75) is 38.5 Å². The maximum Gasteiger partial charge on any atom is 0.285 e. The minimum Gasteiger partial charge on any atom is -0.342 e. The highest BCUT2D eigenvalue weighted by Gasteiger charge is 2.28. The molecule has 5 nitrogen and oxygen atoms in total. The number of carbonyl (C=O) groups excluding carboxylic acids is 2. The minimum absolute atomic E-state index is 0.0669. The van der Waals surface area contributed by atoms with Crippen LogP contribution in [0.4, 0.5) is 4.39 Å². The van der Waals surface area contributed by atoms with Gasteiger partial charge in [-0.1, -0.05) is 30.3 Å². The molecule has 2 aromatic rings. The predicted octanol–water partition coefficient (Wildman–Crippen LogP) is 4.09. The van der Waals surface area contributed by atoms with E-state index in [1.807, 2.05) is 12.1 Å². The fourth-order valence-corrected chi connectivity index (χ4v) is 6.30. The molecule has 4 rings (SSSR count). The highest BCUT2D eigenvalue weighted by Crippen LogP contribution is 2.35. The Labute approximate surface area is 182 Å². The van der Waals surface area contributed by atoms with Gasteiger partial charge in [-0.05, 0) is 60.9 Å². The Kier molecular flexibility index (Phi) is 6.23. The molecular formula is C24H27FN2O3S. The van der Waals surface area contributed by atoms with E-state index in [9.17, 15) is 18.2 Å². The summed E-state index contributed by atoms with van der Waals surface area (Å²) in [5.74, 6) is -0.409. The van der Waals surface area contributed by atoms with Crippen molar-refractivity contribution in [3.8, 4) is 0 Å². The topological polar surface area (TPSA) is 66.8 Å². The summed E-state index contributed by atoms with van der Waals surface area (Å²) in [5, 5.41) is 0. The molecule has 1 aliphatic heterocycles. The van der Waals surface area contributed by atoms with Gasteiger partial charge in [0.25, 0.3) is 5.91 Å². The zero-order valence-electron chi connectivity index (χ0n) is 17.7. The van der Waals surface area contributed by atoms with E-state index in [4.69, 9.17) is 0 Å². The third-order valence-corrected chi connectivity index (χ3v) is 8.52. The summed E-state index contributed by atoms with van der Waals surface area (Å²) in [5.41, 5.74) is 3.13. The van der Waals surface area contributed by atoms with Crippen LogP contribution in [0.1, 0.15) is 52.2 Å². The molecule has 2 amide bonds. The number of benzene rings is 2. The lowest BCUT2D eigenvalue weighted by Crippen LogP contribution is -2.34. The van der Waals surface area contributed by atoms with Gasteiger partial charge < -0.3 is 4.90 Å². The first kappa shape index (κ1) is 21.7. The van der Waals surface area contributed by atoms with Crippen molar-refractivity contribution in [2.75, 3.05) is 24.6 Å². The van der Waals surface area contributed by atoms with Gasteiger partial charge in [0, 0.05) is 36.6 Å². The molecule has 1 fully saturated rings. The normalized spacial score (nSPS) is 23.2. The van der Waals surface area contributed by atoms with E-state index in [1.54, 1.807) is 11.8 Å². The Morgan fingerprint density at radius 2 is 1.97 bits per heavy atom. The zero-order chi connectivity index (χ0) is 22.0. The van der Waals surface area contributed by atoms with Crippen molar-refractivity contribution in [3.05, 3.63) is 70.5 Å². The summed E-state index contributed by atoms with van der Waals surface area (Å²) >= 11 is 0. The molecule has 2 atom stereocenters. The van der Waals surface area contributed by atoms with E-state index in [0.717, 1.165) is 18.9 Å². The second-order valence-electron chi connectivity index (χ2n) is 8.41. The summed E-state index contributed by atoms with van der Waals surface area (Å²) in [4.78, 5) is 27.2. The number of halogens is 1. The molecule has 31 heavy (non-hydrogen) atoms. The van der Waals surface area contributed by atoms with Gasteiger partial charge in [0.1, 0.15) is 5.82 Å². The van der Waals surface area contributed by atoms with Crippen LogP contribution in [0.5, 0.6) is 0 Å². The molecule has 7 heteroatoms. The fourth-order valence-electron chi connectivity index (χ4n) is 4.42. The maximum absolute atomic E-state index is 13.8. The van der Waals surface area contributed by atoms with Crippen molar-refractivity contribution in [1.82, 2.24) is 4.90 Å². The van der Waals surface area contributed by atoms with E-state index in [-0.39, 0.29) is 28.9 Å². The molecule has 1 heterocycles. The fraction of sp³-hybridized carbons (Fsp3) is 0.417. The molecular weight excluding hydrogens is 415 g/mol. The zero-order valence-corrected chi connectivity index (χ0v) is 18.5. The maximum atomic E-state index is 13.8. The number of hydrogen-bond donors (Lipinski definition) is 0. The van der Waals surface area contributed by atoms with Crippen molar-refractivity contribution in [3.63, 3.8) is 0 Å². The lowest BCUT2D eigenvalue weighted by Gasteiger charge is -2.22. The van der Waals surface area contributed by atoms with E-state index in [0.29, 0.717) is 31.5 Å². The Bertz CT molecular complexity index is 1140. The highest BCUT2D eigenvalue weighted by atomic mass is 32.2. The largest absolute Gasteiger partial charge is 0.342 e. The van der Waals surface area contributed by atoms with Crippen LogP contribution in [0.3, 0.4) is 0 Å². The molecule has 2 aliphatic rings. The molecule has 2 aromatic carbocycles. The van der Waals surface area contributed by atoms with Gasteiger partial charge in [-0.2, -0.15) is 4.36 Å². The summed E-state index contributed by atoms with van der Waals surface area (Å²) in [7, 11) is -2.78. The first-order chi connectivity index (χ1) is 14.8. The number of rotatable bonds is 3. The second-order valence-corrected chi connectivity index (χ2v) is 11.0. The van der Waals surface area contributed by atoms with E-state index in [1.165, 1.54) is 23.3 Å². The second kappa shape index (κ2) is 8.91. The molecule has 0 bridgehead atoms. The van der Waals surface area contributed by atoms with E-state index >= 15 is 0 Å². The number of aryl methyl sites for hydroxylation is 2. The van der Waals surface area contributed by atoms with Crippen molar-refractivity contribution in [2.24, 2.45) is 4.36 Å². The Morgan fingerprint density at radius 1 is 1.16 bits per heavy atom. The molecule has 0 saturated carbocycles. The Hall–Kier alpha value is -2.54. The van der Waals surface area contributed by atoms with Crippen LogP contribution in [0.25, 0.3) is 0 Å². The van der Waals surface area contributed by atoms with E-state index < -0.39 is 21.5 Å². The highest BCUT2D eigenvalue weighted by molar-refractivity contribution is 7.93. The third kappa shape index (κ3) is 4.87. The van der Waals surface area contributed by atoms with Gasteiger partial charge in [0.2, 0.25) is 5.91 Å². The van der Waals surface area contributed by atoms with Crippen LogP contribution < -0.4 is 0 Å². The molecule has 1 aliphatic carbocycles. The molecule has 0 N–H and O–H groups in total. The molecule has 0 spiro atoms. The van der Waals surface area contributed by atoms with Crippen LogP contribution in [0, 0.1) is 12.7 Å². The quantitative estimate of drug-likeness (QED) is 0.719. The van der Waals surface area contributed by atoms with Crippen LogP contribution in [-0.4, -0.2) is 45.5 Å². The number of nitrogens with zero attached hydrogens (tertiary/aromatic N) is 2. The van der Waals surface area contributed by atoms with Gasteiger partial charge in [0.15, 0.2) is 0 Å². The van der Waals surface area contributed by atoms with Gasteiger partial charge in [-0.3, -0.25) is 9.59 Å². The van der Waals surface area contributed by atoms with Gasteiger partial charge in [0.05, 0.1) is 9.73 Å². The summed E-state index contributed by atoms with van der Waals surface area (Å²) in [6.45, 7) is 2.46. The van der Waals surface area contributed by atoms with Crippen LogP contribution in [0.2, 0.25) is 0 Å². The van der Waals surface area contributed by atoms with Crippen LogP contribution >= 0.6 is 0 Å². The van der Waals surface area contributed by atoms with Crippen LogP contribution in [-0.2, 0) is 20.9 Å². The Morgan fingerprint density at radius 3 is 2.77 bits per heavy atom. The van der Waals surface area contributed by atoms with E-state index in [2.05, 4.69) is 16.5 Å².